The first-order valence-corrected chi connectivity index (χ1v) is 48.1. The van der Waals surface area contributed by atoms with Gasteiger partial charge in [-0.15, -0.1) is 0 Å². The number of hydrogen-bond donors (Lipinski definition) is 8. The third-order valence-electron chi connectivity index (χ3n) is 29.2. The Morgan fingerprint density at radius 1 is 0.382 bits per heavy atom. The highest BCUT2D eigenvalue weighted by atomic mass is 35.5. The number of halogens is 8. The molecule has 9 aromatic rings. The molecule has 4 saturated heterocycles. The largest absolute Gasteiger partial charge is 0.453 e. The molecule has 0 spiro atoms. The number of rotatable bonds is 15. The van der Waals surface area contributed by atoms with Crippen LogP contribution in [0.3, 0.4) is 0 Å². The standard InChI is InChI=1S/C29H25Cl2N3O2.C28H32Cl2N2O2.C24H26Cl2N2O3.C23H24Cl2N2O3/c1-17-2-11-22(25(31)14-17)23-12-13-29(34-27(35)20-5-3-18(15-32)4-6-20)24(16-33-28(29)36)26(23)19-7-9-21(30)10-8-19;1-17-7-12-21(24(30)15-17)22-13-14-28(32-26(33)19-5-3-2-4-6-19)23(16-31-27(28)34)25(22)18-8-10-20(29)11-9-18;1-3-31-23(30)28-24-11-10-18(17-9-4-14(2)12-20(17)26)21(19(24)13-27-22(24)29)15-5-7-16(25)8-6-15;1-13-3-8-16(19(25)11-13)17-9-10-23(27-22(29)30-2)18(12-26-21(23)28)20(17)14-4-6-15(24)7-5-14/h2-11,14,23-24,26H,12-13,16H2,1H3,(H,33,36)(H,34,35);7-12,15,19,22-23,25H,2-6,13-14,16H2,1H3,(H,31,34)(H,32,33);4-9,12,18-19,21H,3,10-11,13H2,1-2H3,(H,27,29)(H,28,30);3-8,11,17-18,20H,9-10,12H2,1-2H3,(H,26,28)(H,27,29)/t23-,24-,26-,29-;22-,23-,25-,28-;18-,19-,21-,24-;17-,18-,20-,23-/m0000/s1. The van der Waals surface area contributed by atoms with Gasteiger partial charge in [0.15, 0.2) is 0 Å². The molecule has 8 N–H and O–H groups in total. The van der Waals surface area contributed by atoms with E-state index in [2.05, 4.69) is 109 Å². The molecule has 684 valence electrons. The van der Waals surface area contributed by atoms with E-state index < -0.39 is 34.3 Å². The highest BCUT2D eigenvalue weighted by molar-refractivity contribution is 6.33. The molecule has 9 aromatic carbocycles. The first-order chi connectivity index (χ1) is 62.9. The van der Waals surface area contributed by atoms with Gasteiger partial charge in [0.2, 0.25) is 29.5 Å². The van der Waals surface area contributed by atoms with Gasteiger partial charge < -0.3 is 52.0 Å². The van der Waals surface area contributed by atoms with E-state index in [9.17, 15) is 38.4 Å². The summed E-state index contributed by atoms with van der Waals surface area (Å²) in [5.74, 6) is -1.07. The van der Waals surface area contributed by atoms with Gasteiger partial charge in [0.1, 0.15) is 22.2 Å². The average molecular weight is 1930 g/mol. The van der Waals surface area contributed by atoms with E-state index >= 15 is 0 Å². The van der Waals surface area contributed by atoms with Crippen LogP contribution >= 0.6 is 92.8 Å². The van der Waals surface area contributed by atoms with Crippen LogP contribution in [0.15, 0.2) is 194 Å². The van der Waals surface area contributed by atoms with Gasteiger partial charge >= 0.3 is 12.2 Å². The summed E-state index contributed by atoms with van der Waals surface area (Å²) in [6.07, 6.45) is 9.00. The van der Waals surface area contributed by atoms with Gasteiger partial charge in [0.05, 0.1) is 25.3 Å². The Kier molecular flexibility index (Phi) is 29.9. The molecule has 0 bridgehead atoms. The minimum atomic E-state index is -1.05. The molecular weight excluding hydrogens is 1820 g/mol. The fourth-order valence-corrected chi connectivity index (χ4v) is 24.9. The number of amides is 8. The molecule has 131 heavy (non-hydrogen) atoms. The maximum absolute atomic E-state index is 13.4. The van der Waals surface area contributed by atoms with Crippen molar-refractivity contribution in [2.75, 3.05) is 39.9 Å². The zero-order valence-corrected chi connectivity index (χ0v) is 79.8. The van der Waals surface area contributed by atoms with Crippen molar-refractivity contribution in [2.45, 2.75) is 188 Å². The number of methoxy groups -OCH3 is 1. The lowest BCUT2D eigenvalue weighted by molar-refractivity contribution is -0.136. The minimum Gasteiger partial charge on any atom is -0.453 e. The summed E-state index contributed by atoms with van der Waals surface area (Å²) in [5.41, 5.74) is 9.95. The predicted molar refractivity (Wildman–Crippen MR) is 515 cm³/mol. The molecular formula is C104H107Cl8N9O10. The number of nitrogens with zero attached hydrogens (tertiary/aromatic N) is 1. The molecule has 5 saturated carbocycles. The summed E-state index contributed by atoms with van der Waals surface area (Å²) in [6, 6.07) is 64.2. The number of benzene rings is 9. The van der Waals surface area contributed by atoms with E-state index in [-0.39, 0.29) is 119 Å². The Labute approximate surface area is 805 Å². The number of ether oxygens (including phenoxy) is 2. The van der Waals surface area contributed by atoms with Crippen LogP contribution in [0.25, 0.3) is 0 Å². The SMILES string of the molecule is CCOC(=O)N[C@@]12CC[C@@H](c3ccc(C)cc3Cl)[C@H](c3ccc(Cl)cc3)[C@@H]1CNC2=O.COC(=O)N[C@@]12CC[C@@H](c3ccc(C)cc3Cl)[C@H](c3ccc(Cl)cc3)[C@@H]1CNC2=O.Cc1ccc([C@@H]2CC[C@@]3(NC(=O)C4CCCCC4)C(=O)NC[C@H]3[C@H]2c2ccc(Cl)cc2)c(Cl)c1.Cc1ccc([C@@H]2CC[C@@]3(NC(=O)c4ccc(C#N)cc4)C(=O)NC[C@H]3[C@H]2c2ccc(Cl)cc2)c(Cl)c1. The van der Waals surface area contributed by atoms with Gasteiger partial charge in [-0.2, -0.15) is 5.26 Å². The lowest BCUT2D eigenvalue weighted by Gasteiger charge is -2.47. The van der Waals surface area contributed by atoms with Gasteiger partial charge in [-0.05, 0) is 310 Å². The molecule has 9 fully saturated rings. The van der Waals surface area contributed by atoms with Crippen LogP contribution in [-0.4, -0.2) is 110 Å². The molecule has 27 heteroatoms. The van der Waals surface area contributed by atoms with E-state index in [1.54, 1.807) is 31.2 Å². The molecule has 8 amide bonds. The maximum atomic E-state index is 13.4. The Balaban J connectivity index is 0.000000134. The van der Waals surface area contributed by atoms with E-state index in [1.165, 1.54) is 13.5 Å². The highest BCUT2D eigenvalue weighted by Gasteiger charge is 2.64. The zero-order valence-electron chi connectivity index (χ0n) is 73.8. The number of hydrogen-bond acceptors (Lipinski definition) is 11. The molecule has 4 aliphatic heterocycles. The van der Waals surface area contributed by atoms with Crippen LogP contribution in [-0.2, 0) is 33.4 Å². The fourth-order valence-electron chi connectivity index (χ4n) is 22.9. The van der Waals surface area contributed by atoms with E-state index in [1.807, 2.05) is 137 Å². The Bertz CT molecular complexity index is 5820. The fraction of sp³-hybridized carbons (Fsp3) is 0.394. The molecule has 9 aliphatic rings. The molecule has 0 unspecified atom stereocenters. The van der Waals surface area contributed by atoms with E-state index in [0.29, 0.717) is 107 Å². The molecule has 16 atom stereocenters. The van der Waals surface area contributed by atoms with E-state index in [0.717, 1.165) is 114 Å². The number of aryl methyl sites for hydroxylation is 4. The van der Waals surface area contributed by atoms with Crippen LogP contribution in [0.1, 0.15) is 220 Å². The van der Waals surface area contributed by atoms with Crippen molar-refractivity contribution in [1.29, 1.82) is 5.26 Å². The number of alkyl carbamates (subject to hydrolysis) is 2. The second kappa shape index (κ2) is 40.9. The summed E-state index contributed by atoms with van der Waals surface area (Å²) in [6.45, 7) is 12.0. The smallest absolute Gasteiger partial charge is 0.408 e. The maximum Gasteiger partial charge on any atom is 0.408 e. The third kappa shape index (κ3) is 19.8. The monoisotopic (exact) mass is 1920 g/mol. The van der Waals surface area contributed by atoms with Crippen LogP contribution in [0.4, 0.5) is 9.59 Å². The topological polar surface area (TPSA) is 275 Å². The lowest BCUT2D eigenvalue weighted by Crippen LogP contribution is -2.61. The number of fused-ring (bicyclic) bond motifs is 4. The van der Waals surface area contributed by atoms with Crippen molar-refractivity contribution >= 4 is 140 Å². The number of carbonyl (C=O) groups is 8. The molecule has 0 radical (unpaired) electrons. The van der Waals surface area contributed by atoms with Crippen LogP contribution in [0.5, 0.6) is 0 Å². The number of nitrogens with one attached hydrogen (secondary N) is 8. The number of nitriles is 1. The van der Waals surface area contributed by atoms with Crippen LogP contribution in [0, 0.1) is 68.6 Å². The summed E-state index contributed by atoms with van der Waals surface area (Å²) >= 11 is 51.5. The first-order valence-electron chi connectivity index (χ1n) is 45.1. The first kappa shape index (κ1) is 95.8. The van der Waals surface area contributed by atoms with Gasteiger partial charge in [0, 0.05) is 102 Å². The van der Waals surface area contributed by atoms with Crippen LogP contribution < -0.4 is 42.5 Å². The summed E-state index contributed by atoms with van der Waals surface area (Å²) in [5, 5.41) is 38.9. The molecule has 0 aromatic heterocycles. The van der Waals surface area contributed by atoms with Crippen molar-refractivity contribution in [1.82, 2.24) is 42.5 Å². The average Bonchev–Trinajstić information content (AvgIpc) is 1.63. The molecule has 18 rings (SSSR count). The predicted octanol–water partition coefficient (Wildman–Crippen LogP) is 21.9. The van der Waals surface area contributed by atoms with Crippen molar-refractivity contribution in [3.05, 3.63) is 312 Å². The normalized spacial score (nSPS) is 27.3. The Hall–Kier alpha value is -9.85. The van der Waals surface area contributed by atoms with Gasteiger partial charge in [-0.25, -0.2) is 9.59 Å². The highest BCUT2D eigenvalue weighted by Crippen LogP contribution is 2.60. The second-order valence-corrected chi connectivity index (χ2v) is 39.9. The van der Waals surface area contributed by atoms with Crippen molar-refractivity contribution in [2.24, 2.45) is 29.6 Å². The second-order valence-electron chi connectivity index (χ2n) is 36.6. The molecule has 19 nitrogen and oxygen atoms in total. The van der Waals surface area contributed by atoms with Gasteiger partial charge in [0.25, 0.3) is 5.91 Å². The van der Waals surface area contributed by atoms with Crippen molar-refractivity contribution in [3.8, 4) is 6.07 Å². The molecule has 4 heterocycles. The Morgan fingerprint density at radius 3 is 0.954 bits per heavy atom. The van der Waals surface area contributed by atoms with Gasteiger partial charge in [-0.1, -0.05) is 209 Å². The Morgan fingerprint density at radius 2 is 0.672 bits per heavy atom. The lowest BCUT2D eigenvalue weighted by atomic mass is 9.60. The zero-order chi connectivity index (χ0) is 93.0. The van der Waals surface area contributed by atoms with Crippen molar-refractivity contribution in [3.63, 3.8) is 0 Å². The van der Waals surface area contributed by atoms with Gasteiger partial charge in [-0.3, -0.25) is 28.8 Å². The summed E-state index contributed by atoms with van der Waals surface area (Å²) < 4.78 is 9.96. The number of carbonyl (C=O) groups excluding carboxylic acids is 8. The van der Waals surface area contributed by atoms with Crippen LogP contribution in [0.2, 0.25) is 40.2 Å². The molecule has 5 aliphatic carbocycles. The van der Waals surface area contributed by atoms with Crippen molar-refractivity contribution < 1.29 is 47.8 Å². The summed E-state index contributed by atoms with van der Waals surface area (Å²) in [7, 11) is 1.31. The third-order valence-corrected chi connectivity index (χ3v) is 31.6. The van der Waals surface area contributed by atoms with E-state index in [4.69, 9.17) is 108 Å². The minimum absolute atomic E-state index is 0.00965. The summed E-state index contributed by atoms with van der Waals surface area (Å²) in [4.78, 5) is 104. The quantitative estimate of drug-likeness (QED) is 0.0478.